The molecule has 3 aromatic rings. The minimum atomic E-state index is -3.95. The van der Waals surface area contributed by atoms with Gasteiger partial charge in [-0.1, -0.05) is 36.6 Å². The van der Waals surface area contributed by atoms with Crippen molar-refractivity contribution in [2.45, 2.75) is 37.0 Å². The van der Waals surface area contributed by atoms with Gasteiger partial charge in [-0.15, -0.1) is 12.4 Å². The molecule has 8 nitrogen and oxygen atoms in total. The molecule has 0 atom stereocenters. The number of ether oxygens (including phenoxy) is 2. The molecule has 3 N–H and O–H groups in total. The summed E-state index contributed by atoms with van der Waals surface area (Å²) in [6.45, 7) is 2.80. The second-order valence-corrected chi connectivity index (χ2v) is 11.6. The van der Waals surface area contributed by atoms with Crippen molar-refractivity contribution in [3.05, 3.63) is 77.3 Å². The zero-order chi connectivity index (χ0) is 27.7. The number of sulfonamides is 1. The molecule has 1 aliphatic rings. The predicted octanol–water partition coefficient (Wildman–Crippen LogP) is 6.26. The van der Waals surface area contributed by atoms with Crippen molar-refractivity contribution in [2.24, 2.45) is 5.92 Å². The average molecular weight is 609 g/mol. The van der Waals surface area contributed by atoms with Crippen molar-refractivity contribution in [3.8, 4) is 17.2 Å². The van der Waals surface area contributed by atoms with Crippen LogP contribution in [0.5, 0.6) is 17.2 Å². The lowest BCUT2D eigenvalue weighted by atomic mass is 9.92. The Hall–Kier alpha value is -2.98. The second kappa shape index (κ2) is 15.1. The van der Waals surface area contributed by atoms with E-state index in [0.717, 1.165) is 31.8 Å². The Morgan fingerprint density at radius 3 is 2.42 bits per heavy atom. The molecule has 1 saturated heterocycles. The number of amides is 1. The van der Waals surface area contributed by atoms with E-state index >= 15 is 0 Å². The summed E-state index contributed by atoms with van der Waals surface area (Å²) in [5.74, 6) is 1.77. The summed E-state index contributed by atoms with van der Waals surface area (Å²) < 4.78 is 39.8. The number of nitrogens with one attached hydrogen (secondary N) is 3. The van der Waals surface area contributed by atoms with Gasteiger partial charge in [-0.2, -0.15) is 0 Å². The number of carbonyl (C=O) groups is 1. The number of carbonyl (C=O) groups excluding carboxylic acids is 1. The highest BCUT2D eigenvalue weighted by Gasteiger charge is 2.18. The molecule has 216 valence electrons. The smallest absolute Gasteiger partial charge is 0.262 e. The summed E-state index contributed by atoms with van der Waals surface area (Å²) in [5, 5.41) is 6.63. The van der Waals surface area contributed by atoms with Gasteiger partial charge in [-0.3, -0.25) is 9.52 Å². The number of anilines is 1. The van der Waals surface area contributed by atoms with Crippen LogP contribution in [0.15, 0.2) is 71.6 Å². The van der Waals surface area contributed by atoms with Gasteiger partial charge in [0.2, 0.25) is 0 Å². The summed E-state index contributed by atoms with van der Waals surface area (Å²) in [6.07, 6.45) is 5.66. The van der Waals surface area contributed by atoms with Crippen LogP contribution in [0, 0.1) is 5.92 Å². The first kappa shape index (κ1) is 31.5. The summed E-state index contributed by atoms with van der Waals surface area (Å²) in [6, 6.07) is 17.5. The van der Waals surface area contributed by atoms with Gasteiger partial charge in [0, 0.05) is 18.2 Å². The highest BCUT2D eigenvalue weighted by atomic mass is 35.5. The van der Waals surface area contributed by atoms with Gasteiger partial charge in [-0.05, 0) is 86.8 Å². The number of halogens is 2. The minimum Gasteiger partial charge on any atom is -0.497 e. The number of rotatable bonds is 12. The van der Waals surface area contributed by atoms with E-state index in [1.807, 2.05) is 0 Å². The highest BCUT2D eigenvalue weighted by molar-refractivity contribution is 7.92. The van der Waals surface area contributed by atoms with E-state index in [2.05, 4.69) is 15.4 Å². The largest absolute Gasteiger partial charge is 0.497 e. The molecule has 3 aromatic carbocycles. The van der Waals surface area contributed by atoms with Crippen molar-refractivity contribution < 1.29 is 22.7 Å². The Kier molecular flexibility index (Phi) is 11.9. The lowest BCUT2D eigenvalue weighted by Gasteiger charge is -2.22. The number of hydrogen-bond donors (Lipinski definition) is 3. The van der Waals surface area contributed by atoms with E-state index in [4.69, 9.17) is 21.1 Å². The lowest BCUT2D eigenvalue weighted by molar-refractivity contribution is 0.0952. The Morgan fingerprint density at radius 2 is 1.73 bits per heavy atom. The molecule has 0 aromatic heterocycles. The van der Waals surface area contributed by atoms with Gasteiger partial charge in [0.25, 0.3) is 15.9 Å². The molecule has 1 heterocycles. The third-order valence-electron chi connectivity index (χ3n) is 6.70. The summed E-state index contributed by atoms with van der Waals surface area (Å²) in [7, 11) is -2.41. The van der Waals surface area contributed by atoms with Crippen LogP contribution in [0.25, 0.3) is 0 Å². The molecule has 0 bridgehead atoms. The van der Waals surface area contributed by atoms with Gasteiger partial charge >= 0.3 is 0 Å². The normalized spacial score (nSPS) is 13.7. The molecule has 1 amide bonds. The van der Waals surface area contributed by atoms with Crippen LogP contribution < -0.4 is 24.8 Å². The van der Waals surface area contributed by atoms with Gasteiger partial charge in [0.1, 0.15) is 11.5 Å². The monoisotopic (exact) mass is 607 g/mol. The Labute approximate surface area is 247 Å². The van der Waals surface area contributed by atoms with Gasteiger partial charge in [0.15, 0.2) is 5.75 Å². The van der Waals surface area contributed by atoms with Crippen LogP contribution >= 0.6 is 24.0 Å². The SMILES string of the molecule is COc1ccc(Oc2ccccc2NS(=O)(=O)c2ccc(C(=O)NCCCCC3CCNCC3)cc2)c(Cl)c1.Cl. The van der Waals surface area contributed by atoms with Crippen LogP contribution in [-0.2, 0) is 10.0 Å². The number of methoxy groups -OCH3 is 1. The van der Waals surface area contributed by atoms with E-state index in [1.54, 1.807) is 42.5 Å². The van der Waals surface area contributed by atoms with Gasteiger partial charge in [0.05, 0.1) is 22.7 Å². The molecule has 1 fully saturated rings. The number of piperidine rings is 1. The van der Waals surface area contributed by atoms with Gasteiger partial charge < -0.3 is 20.1 Å². The molecule has 40 heavy (non-hydrogen) atoms. The zero-order valence-corrected chi connectivity index (χ0v) is 24.7. The molecule has 1 aliphatic heterocycles. The van der Waals surface area contributed by atoms with Crippen molar-refractivity contribution in [3.63, 3.8) is 0 Å². The fraction of sp³-hybridized carbons (Fsp3) is 0.345. The Morgan fingerprint density at radius 1 is 1.00 bits per heavy atom. The number of hydrogen-bond acceptors (Lipinski definition) is 6. The first-order valence-corrected chi connectivity index (χ1v) is 14.9. The summed E-state index contributed by atoms with van der Waals surface area (Å²) in [4.78, 5) is 12.6. The van der Waals surface area contributed by atoms with Crippen LogP contribution in [0.1, 0.15) is 42.5 Å². The molecule has 0 aliphatic carbocycles. The molecule has 0 radical (unpaired) electrons. The lowest BCUT2D eigenvalue weighted by Crippen LogP contribution is -2.28. The van der Waals surface area contributed by atoms with Crippen LogP contribution in [0.4, 0.5) is 5.69 Å². The predicted molar refractivity (Wildman–Crippen MR) is 161 cm³/mol. The molecular formula is C29H35Cl2N3O5S. The van der Waals surface area contributed by atoms with Crippen LogP contribution in [0.2, 0.25) is 5.02 Å². The fourth-order valence-electron chi connectivity index (χ4n) is 4.47. The summed E-state index contributed by atoms with van der Waals surface area (Å²) >= 11 is 6.28. The number of benzene rings is 3. The van der Waals surface area contributed by atoms with Crippen molar-refractivity contribution >= 4 is 45.6 Å². The third kappa shape index (κ3) is 8.76. The van der Waals surface area contributed by atoms with E-state index in [9.17, 15) is 13.2 Å². The fourth-order valence-corrected chi connectivity index (χ4v) is 5.75. The molecule has 4 rings (SSSR count). The molecule has 0 unspecified atom stereocenters. The van der Waals surface area contributed by atoms with Crippen LogP contribution in [-0.4, -0.2) is 41.1 Å². The quantitative estimate of drug-likeness (QED) is 0.210. The van der Waals surface area contributed by atoms with Crippen molar-refractivity contribution in [1.82, 2.24) is 10.6 Å². The molecule has 0 saturated carbocycles. The standard InChI is InChI=1S/C29H34ClN3O5S.ClH/c1-37-23-11-14-27(25(30)20-23)38-28-8-3-2-7-26(28)33-39(35,36)24-12-9-22(10-13-24)29(34)32-17-5-4-6-21-15-18-31-19-16-21;/h2-3,7-14,20-21,31,33H,4-6,15-19H2,1H3,(H,32,34);1H. The maximum atomic E-state index is 13.1. The average Bonchev–Trinajstić information content (AvgIpc) is 2.95. The van der Waals surface area contributed by atoms with Crippen molar-refractivity contribution in [1.29, 1.82) is 0 Å². The molecular weight excluding hydrogens is 573 g/mol. The molecule has 11 heteroatoms. The minimum absolute atomic E-state index is 0. The van der Waals surface area contributed by atoms with Crippen LogP contribution in [0.3, 0.4) is 0 Å². The summed E-state index contributed by atoms with van der Waals surface area (Å²) in [5.41, 5.74) is 0.654. The third-order valence-corrected chi connectivity index (χ3v) is 8.38. The topological polar surface area (TPSA) is 106 Å². The maximum absolute atomic E-state index is 13.1. The van der Waals surface area contributed by atoms with E-state index in [1.165, 1.54) is 50.6 Å². The number of unbranched alkanes of at least 4 members (excludes halogenated alkanes) is 1. The maximum Gasteiger partial charge on any atom is 0.262 e. The zero-order valence-electron chi connectivity index (χ0n) is 22.3. The number of para-hydroxylation sites is 2. The Bertz CT molecular complexity index is 1360. The highest BCUT2D eigenvalue weighted by Crippen LogP contribution is 2.36. The van der Waals surface area contributed by atoms with Gasteiger partial charge in [-0.25, -0.2) is 8.42 Å². The van der Waals surface area contributed by atoms with E-state index < -0.39 is 10.0 Å². The Balaban J connectivity index is 0.00000441. The second-order valence-electron chi connectivity index (χ2n) is 9.47. The first-order chi connectivity index (χ1) is 18.9. The molecule has 0 spiro atoms. The van der Waals surface area contributed by atoms with Crippen molar-refractivity contribution in [2.75, 3.05) is 31.5 Å². The first-order valence-electron chi connectivity index (χ1n) is 13.1. The van der Waals surface area contributed by atoms with E-state index in [0.29, 0.717) is 28.6 Å². The van der Waals surface area contributed by atoms with E-state index in [-0.39, 0.29) is 34.6 Å².